The van der Waals surface area contributed by atoms with E-state index in [0.29, 0.717) is 0 Å². The topological polar surface area (TPSA) is 15.8 Å². The number of rotatable bonds is 0. The second-order valence-electron chi connectivity index (χ2n) is 1.42. The molecule has 0 aliphatic heterocycles. The second-order valence-corrected chi connectivity index (χ2v) is 3.19. The Labute approximate surface area is 69.7 Å². The molecule has 0 saturated heterocycles. The maximum atomic E-state index is 4.80. The third-order valence-corrected chi connectivity index (χ3v) is 1.94. The van der Waals surface area contributed by atoms with Crippen LogP contribution < -0.4 is 9.88 Å². The first kappa shape index (κ1) is 9.59. The summed E-state index contributed by atoms with van der Waals surface area (Å²) in [6.07, 6.45) is 0. The Morgan fingerprint density at radius 3 is 2.00 bits per heavy atom. The number of thiazole rings is 1. The van der Waals surface area contributed by atoms with Crippen molar-refractivity contribution in [2.45, 2.75) is 13.8 Å². The van der Waals surface area contributed by atoms with Crippen LogP contribution in [0.1, 0.15) is 13.8 Å². The van der Waals surface area contributed by atoms with E-state index in [1.165, 1.54) is 11.3 Å². The molecule has 0 saturated carbocycles. The number of aromatic amines is 1. The summed E-state index contributed by atoms with van der Waals surface area (Å²) in [4.78, 5) is 2.87. The van der Waals surface area contributed by atoms with Crippen LogP contribution in [-0.2, 0) is 0 Å². The Morgan fingerprint density at radius 1 is 1.40 bits per heavy atom. The Balaban J connectivity index is 0.000000371. The van der Waals surface area contributed by atoms with Crippen LogP contribution in [0.4, 0.5) is 0 Å². The minimum absolute atomic E-state index is 0.750. The Kier molecular flexibility index (Phi) is 4.23. The van der Waals surface area contributed by atoms with Crippen LogP contribution in [0.2, 0.25) is 0 Å². The van der Waals surface area contributed by atoms with Gasteiger partial charge in [0.15, 0.2) is 3.95 Å². The smallest absolute Gasteiger partial charge is 0.159 e. The van der Waals surface area contributed by atoms with E-state index in [2.05, 4.69) is 18.1 Å². The molecule has 0 fully saturated rings. The zero-order valence-corrected chi connectivity index (χ0v) is 7.86. The van der Waals surface area contributed by atoms with Crippen molar-refractivity contribution in [1.82, 2.24) is 4.98 Å². The van der Waals surface area contributed by atoms with Crippen molar-refractivity contribution < 1.29 is 0 Å². The summed E-state index contributed by atoms with van der Waals surface area (Å²) in [5, 5.41) is 0.833. The Hall–Kier alpha value is -0.410. The van der Waals surface area contributed by atoms with Gasteiger partial charge in [0.2, 0.25) is 0 Å². The van der Waals surface area contributed by atoms with Gasteiger partial charge in [0.1, 0.15) is 0 Å². The van der Waals surface area contributed by atoms with Crippen molar-refractivity contribution >= 4 is 36.7 Å². The molecule has 0 aliphatic rings. The summed E-state index contributed by atoms with van der Waals surface area (Å²) in [5.41, 5.74) is 0. The van der Waals surface area contributed by atoms with Crippen LogP contribution in [0.15, 0.2) is 0 Å². The predicted octanol–water partition coefficient (Wildman–Crippen LogP) is 1.65. The van der Waals surface area contributed by atoms with Gasteiger partial charge in [-0.1, -0.05) is 27.0 Å². The molecule has 0 atom stereocenters. The average molecular weight is 173 g/mol. The highest BCUT2D eigenvalue weighted by atomic mass is 32.1. The quantitative estimate of drug-likeness (QED) is 0.590. The predicted molar refractivity (Wildman–Crippen MR) is 51.1 cm³/mol. The standard InChI is InChI=1S/C5H5NS2.C2H6/c1-3-4(2)8-5(7)6-3;1-2/h1-2H2,(H,6,7);1-2H3. The van der Waals surface area contributed by atoms with E-state index in [0.717, 1.165) is 13.8 Å². The molecule has 0 aromatic carbocycles. The molecule has 1 aromatic rings. The van der Waals surface area contributed by atoms with E-state index in [9.17, 15) is 0 Å². The van der Waals surface area contributed by atoms with Gasteiger partial charge >= 0.3 is 0 Å². The number of nitrogens with one attached hydrogen (secondary N) is 1. The van der Waals surface area contributed by atoms with Crippen LogP contribution >= 0.6 is 23.6 Å². The minimum atomic E-state index is 0.750. The van der Waals surface area contributed by atoms with E-state index < -0.39 is 0 Å². The molecule has 0 unspecified atom stereocenters. The van der Waals surface area contributed by atoms with E-state index in [1.807, 2.05) is 13.8 Å². The van der Waals surface area contributed by atoms with Crippen molar-refractivity contribution in [3.63, 3.8) is 0 Å². The minimum Gasteiger partial charge on any atom is -0.337 e. The van der Waals surface area contributed by atoms with Gasteiger partial charge in [-0.2, -0.15) is 0 Å². The molecule has 1 nitrogen and oxygen atoms in total. The van der Waals surface area contributed by atoms with E-state index in [4.69, 9.17) is 12.2 Å². The normalized spacial score (nSPS) is 8.20. The summed E-state index contributed by atoms with van der Waals surface area (Å²) in [6, 6.07) is 0. The molecule has 10 heavy (non-hydrogen) atoms. The highest BCUT2D eigenvalue weighted by Crippen LogP contribution is 1.80. The Morgan fingerprint density at radius 2 is 1.90 bits per heavy atom. The van der Waals surface area contributed by atoms with Crippen molar-refractivity contribution in [2.75, 3.05) is 0 Å². The highest BCUT2D eigenvalue weighted by Gasteiger charge is 1.79. The summed E-state index contributed by atoms with van der Waals surface area (Å²) >= 11 is 6.26. The van der Waals surface area contributed by atoms with E-state index >= 15 is 0 Å². The lowest BCUT2D eigenvalue weighted by atomic mass is 10.7. The van der Waals surface area contributed by atoms with Gasteiger partial charge < -0.3 is 4.98 Å². The van der Waals surface area contributed by atoms with Gasteiger partial charge in [-0.05, 0) is 12.2 Å². The summed E-state index contributed by atoms with van der Waals surface area (Å²) in [5.74, 6) is 0. The molecule has 0 aliphatic carbocycles. The maximum Gasteiger partial charge on any atom is 0.159 e. The Bertz CT molecular complexity index is 290. The largest absolute Gasteiger partial charge is 0.337 e. The third-order valence-electron chi connectivity index (χ3n) is 0.805. The van der Waals surface area contributed by atoms with Crippen LogP contribution in [-0.4, -0.2) is 4.98 Å². The number of hydrogen-bond acceptors (Lipinski definition) is 2. The first-order chi connectivity index (χ1) is 4.70. The van der Waals surface area contributed by atoms with Crippen LogP contribution in [0.3, 0.4) is 0 Å². The van der Waals surface area contributed by atoms with E-state index in [-0.39, 0.29) is 0 Å². The molecular formula is C7H11NS2. The van der Waals surface area contributed by atoms with Gasteiger partial charge in [-0.15, -0.1) is 11.3 Å². The van der Waals surface area contributed by atoms with Gasteiger partial charge in [-0.25, -0.2) is 0 Å². The molecular weight excluding hydrogens is 162 g/mol. The first-order valence-electron chi connectivity index (χ1n) is 3.07. The van der Waals surface area contributed by atoms with Crippen LogP contribution in [0.25, 0.3) is 13.2 Å². The molecule has 0 radical (unpaired) electrons. The maximum absolute atomic E-state index is 4.80. The molecule has 0 amide bonds. The zero-order valence-electron chi connectivity index (χ0n) is 6.23. The van der Waals surface area contributed by atoms with Crippen LogP contribution in [0, 0.1) is 3.95 Å². The number of hydrogen-bond donors (Lipinski definition) is 1. The van der Waals surface area contributed by atoms with Crippen molar-refractivity contribution in [3.05, 3.63) is 13.8 Å². The lowest BCUT2D eigenvalue weighted by molar-refractivity contribution is 1.31. The summed E-state index contributed by atoms with van der Waals surface area (Å²) < 4.78 is 1.68. The molecule has 56 valence electrons. The van der Waals surface area contributed by atoms with Crippen LogP contribution in [0.5, 0.6) is 0 Å². The SMILES string of the molecule is C=c1[nH]c(=S)sc1=C.CC. The molecule has 1 N–H and O–H groups in total. The van der Waals surface area contributed by atoms with Gasteiger partial charge in [0.25, 0.3) is 0 Å². The lowest BCUT2D eigenvalue weighted by Gasteiger charge is -1.61. The van der Waals surface area contributed by atoms with Gasteiger partial charge in [0.05, 0.1) is 0 Å². The fourth-order valence-electron chi connectivity index (χ4n) is 0.392. The molecule has 1 rings (SSSR count). The fourth-order valence-corrected chi connectivity index (χ4v) is 1.39. The molecule has 0 spiro atoms. The molecule has 3 heteroatoms. The van der Waals surface area contributed by atoms with Crippen molar-refractivity contribution in [2.24, 2.45) is 0 Å². The van der Waals surface area contributed by atoms with Crippen molar-refractivity contribution in [3.8, 4) is 0 Å². The van der Waals surface area contributed by atoms with E-state index in [1.54, 1.807) is 0 Å². The summed E-state index contributed by atoms with van der Waals surface area (Å²) in [7, 11) is 0. The summed E-state index contributed by atoms with van der Waals surface area (Å²) in [6.45, 7) is 11.4. The third kappa shape index (κ3) is 2.45. The number of H-pyrrole nitrogens is 1. The number of aromatic nitrogens is 1. The highest BCUT2D eigenvalue weighted by molar-refractivity contribution is 7.73. The first-order valence-corrected chi connectivity index (χ1v) is 4.29. The van der Waals surface area contributed by atoms with Gasteiger partial charge in [-0.3, -0.25) is 0 Å². The average Bonchev–Trinajstić information content (AvgIpc) is 2.16. The molecule has 1 aromatic heterocycles. The van der Waals surface area contributed by atoms with Crippen molar-refractivity contribution in [1.29, 1.82) is 0 Å². The molecule has 0 bridgehead atoms. The zero-order chi connectivity index (χ0) is 8.15. The molecule has 1 heterocycles. The second kappa shape index (κ2) is 4.41. The van der Waals surface area contributed by atoms with Gasteiger partial charge in [0, 0.05) is 9.88 Å². The lowest BCUT2D eigenvalue weighted by Crippen LogP contribution is -2.15. The monoisotopic (exact) mass is 173 g/mol. The fraction of sp³-hybridized carbons (Fsp3) is 0.286.